The normalized spacial score (nSPS) is 12.1. The van der Waals surface area contributed by atoms with Crippen LogP contribution in [-0.4, -0.2) is 23.7 Å². The van der Waals surface area contributed by atoms with E-state index in [2.05, 4.69) is 25.7 Å². The van der Waals surface area contributed by atoms with Crippen LogP contribution in [0.5, 0.6) is 0 Å². The Labute approximate surface area is 223 Å². The summed E-state index contributed by atoms with van der Waals surface area (Å²) < 4.78 is 5.03. The largest absolute Gasteiger partial charge is 0.481 e. The molecule has 4 nitrogen and oxygen atoms in total. The van der Waals surface area contributed by atoms with Gasteiger partial charge in [0.15, 0.2) is 0 Å². The Morgan fingerprint density at radius 3 is 1.53 bits per heavy atom. The van der Waals surface area contributed by atoms with Crippen molar-refractivity contribution in [3.63, 3.8) is 0 Å². The van der Waals surface area contributed by atoms with E-state index in [-0.39, 0.29) is 13.0 Å². The van der Waals surface area contributed by atoms with Crippen molar-refractivity contribution >= 4 is 11.9 Å². The minimum absolute atomic E-state index is 0.138. The van der Waals surface area contributed by atoms with Crippen LogP contribution in [-0.2, 0) is 14.3 Å². The van der Waals surface area contributed by atoms with Gasteiger partial charge in [0, 0.05) is 0 Å². The van der Waals surface area contributed by atoms with Crippen LogP contribution in [0.25, 0.3) is 0 Å². The second-order valence-corrected chi connectivity index (χ2v) is 10.4. The van der Waals surface area contributed by atoms with Crippen molar-refractivity contribution in [3.8, 4) is 0 Å². The first-order valence-electron chi connectivity index (χ1n) is 15.3. The van der Waals surface area contributed by atoms with E-state index in [4.69, 9.17) is 9.84 Å². The predicted molar refractivity (Wildman–Crippen MR) is 153 cm³/mol. The molecule has 0 aliphatic carbocycles. The molecule has 0 heterocycles. The first kappa shape index (κ1) is 34.4. The first-order chi connectivity index (χ1) is 17.6. The molecule has 0 aromatic rings. The van der Waals surface area contributed by atoms with Gasteiger partial charge in [0.25, 0.3) is 0 Å². The lowest BCUT2D eigenvalue weighted by atomic mass is 9.97. The van der Waals surface area contributed by atoms with E-state index in [9.17, 15) is 9.59 Å². The lowest BCUT2D eigenvalue weighted by Crippen LogP contribution is -2.21. The number of rotatable bonds is 28. The molecular weight excluding hydrogens is 448 g/mol. The number of hydrogen-bond donors (Lipinski definition) is 1. The third-order valence-corrected chi connectivity index (χ3v) is 6.91. The van der Waals surface area contributed by atoms with E-state index in [1.165, 1.54) is 115 Å². The van der Waals surface area contributed by atoms with E-state index in [0.29, 0.717) is 6.42 Å². The first-order valence-corrected chi connectivity index (χ1v) is 15.3. The Morgan fingerprint density at radius 2 is 1.11 bits per heavy atom. The maximum Gasteiger partial charge on any atom is 0.309 e. The van der Waals surface area contributed by atoms with Gasteiger partial charge in [-0.3, -0.25) is 9.59 Å². The predicted octanol–water partition coefficient (Wildman–Crippen LogP) is 9.96. The second kappa shape index (κ2) is 28.0. The summed E-state index contributed by atoms with van der Waals surface area (Å²) in [6, 6.07) is 0. The maximum absolute atomic E-state index is 11.9. The lowest BCUT2D eigenvalue weighted by Gasteiger charge is -2.13. The average molecular weight is 507 g/mol. The third-order valence-electron chi connectivity index (χ3n) is 6.91. The summed E-state index contributed by atoms with van der Waals surface area (Å²) in [6.07, 6.45) is 34.2. The van der Waals surface area contributed by atoms with Gasteiger partial charge in [0.05, 0.1) is 12.3 Å². The Morgan fingerprint density at radius 1 is 0.694 bits per heavy atom. The molecule has 0 aliphatic heterocycles. The molecule has 1 unspecified atom stereocenters. The molecule has 0 aromatic heterocycles. The van der Waals surface area contributed by atoms with E-state index in [1.807, 2.05) is 0 Å². The van der Waals surface area contributed by atoms with Crippen LogP contribution in [0, 0.1) is 5.92 Å². The molecule has 1 N–H and O–H groups in total. The molecule has 0 saturated carbocycles. The van der Waals surface area contributed by atoms with Crippen molar-refractivity contribution in [1.82, 2.24) is 0 Å². The van der Waals surface area contributed by atoms with Gasteiger partial charge in [0.2, 0.25) is 0 Å². The van der Waals surface area contributed by atoms with Gasteiger partial charge in [-0.25, -0.2) is 0 Å². The van der Waals surface area contributed by atoms with Crippen LogP contribution in [0.3, 0.4) is 0 Å². The average Bonchev–Trinajstić information content (AvgIpc) is 2.86. The molecule has 0 amide bonds. The smallest absolute Gasteiger partial charge is 0.309 e. The molecule has 36 heavy (non-hydrogen) atoms. The van der Waals surface area contributed by atoms with Gasteiger partial charge >= 0.3 is 11.9 Å². The topological polar surface area (TPSA) is 63.6 Å². The summed E-state index contributed by atoms with van der Waals surface area (Å²) in [4.78, 5) is 22.9. The van der Waals surface area contributed by atoms with E-state index >= 15 is 0 Å². The molecule has 0 saturated heterocycles. The number of carbonyl (C=O) groups is 2. The van der Waals surface area contributed by atoms with Crippen molar-refractivity contribution < 1.29 is 19.4 Å². The fourth-order valence-electron chi connectivity index (χ4n) is 4.65. The van der Waals surface area contributed by atoms with Crippen LogP contribution in [0.2, 0.25) is 0 Å². The zero-order chi connectivity index (χ0) is 26.5. The van der Waals surface area contributed by atoms with E-state index in [1.54, 1.807) is 0 Å². The van der Waals surface area contributed by atoms with Gasteiger partial charge < -0.3 is 9.84 Å². The highest BCUT2D eigenvalue weighted by molar-refractivity contribution is 5.79. The summed E-state index contributed by atoms with van der Waals surface area (Å²) >= 11 is 0. The van der Waals surface area contributed by atoms with Crippen molar-refractivity contribution in [3.05, 3.63) is 24.8 Å². The summed E-state index contributed by atoms with van der Waals surface area (Å²) in [5.41, 5.74) is 0. The number of allylic oxidation sites excluding steroid dienone is 2. The molecule has 1 atom stereocenters. The van der Waals surface area contributed by atoms with Crippen LogP contribution in [0.15, 0.2) is 24.8 Å². The van der Waals surface area contributed by atoms with Crippen LogP contribution < -0.4 is 0 Å². The number of ether oxygens (including phenoxy) is 1. The number of aliphatic carboxylic acids is 1. The van der Waals surface area contributed by atoms with Crippen molar-refractivity contribution in [2.75, 3.05) is 6.61 Å². The zero-order valence-electron chi connectivity index (χ0n) is 23.7. The summed E-state index contributed by atoms with van der Waals surface area (Å²) in [5.74, 6) is -1.92. The molecular formula is C32H58O4. The Balaban J connectivity index is 3.42. The molecule has 0 fully saturated rings. The van der Waals surface area contributed by atoms with Gasteiger partial charge in [0.1, 0.15) is 6.61 Å². The van der Waals surface area contributed by atoms with Crippen molar-refractivity contribution in [2.24, 2.45) is 5.92 Å². The Hall–Kier alpha value is -1.58. The third kappa shape index (κ3) is 25.5. The van der Waals surface area contributed by atoms with Crippen molar-refractivity contribution in [1.29, 1.82) is 0 Å². The molecule has 4 heteroatoms. The fourth-order valence-corrected chi connectivity index (χ4v) is 4.65. The van der Waals surface area contributed by atoms with Crippen LogP contribution in [0.4, 0.5) is 0 Å². The van der Waals surface area contributed by atoms with E-state index < -0.39 is 17.9 Å². The highest BCUT2D eigenvalue weighted by atomic mass is 16.5. The number of carboxylic acids is 1. The van der Waals surface area contributed by atoms with Crippen LogP contribution >= 0.6 is 0 Å². The number of carbonyl (C=O) groups excluding carboxylic acids is 1. The maximum atomic E-state index is 11.9. The lowest BCUT2D eigenvalue weighted by molar-refractivity contribution is -0.152. The Kier molecular flexibility index (Phi) is 26.8. The van der Waals surface area contributed by atoms with Crippen LogP contribution in [0.1, 0.15) is 155 Å². The number of carboxylic acid groups (broad SMARTS) is 1. The molecule has 0 aromatic carbocycles. The molecule has 0 spiro atoms. The highest BCUT2D eigenvalue weighted by Crippen LogP contribution is 2.17. The fraction of sp³-hybridized carbons (Fsp3) is 0.812. The SMILES string of the molecule is C=CCOC(=O)C(CCCCC/C=C/CCCCCCCCCCCCCCCCCC)CC(=O)O. The number of esters is 1. The number of hydrogen-bond acceptors (Lipinski definition) is 3. The van der Waals surface area contributed by atoms with Gasteiger partial charge in [-0.05, 0) is 32.1 Å². The van der Waals surface area contributed by atoms with Gasteiger partial charge in [-0.15, -0.1) is 0 Å². The van der Waals surface area contributed by atoms with Crippen molar-refractivity contribution in [2.45, 2.75) is 155 Å². The molecule has 0 bridgehead atoms. The standard InChI is InChI=1S/C32H58O4/c1-3-5-6-7-8-9-10-11-12-13-14-15-16-17-18-19-20-21-22-23-24-25-26-27-30(29-31(33)34)32(35)36-28-4-2/h4,21-22,30H,2-3,5-20,23-29H2,1H3,(H,33,34)/b22-21+. The van der Waals surface area contributed by atoms with Gasteiger partial charge in [-0.1, -0.05) is 141 Å². The zero-order valence-corrected chi connectivity index (χ0v) is 23.7. The number of unbranched alkanes of at least 4 members (excludes halogenated alkanes) is 19. The second-order valence-electron chi connectivity index (χ2n) is 10.4. The summed E-state index contributed by atoms with van der Waals surface area (Å²) in [7, 11) is 0. The minimum Gasteiger partial charge on any atom is -0.481 e. The quantitative estimate of drug-likeness (QED) is 0.0651. The van der Waals surface area contributed by atoms with Gasteiger partial charge in [-0.2, -0.15) is 0 Å². The highest BCUT2D eigenvalue weighted by Gasteiger charge is 2.22. The summed E-state index contributed by atoms with van der Waals surface area (Å²) in [5, 5.41) is 9.00. The Bertz CT molecular complexity index is 540. The molecule has 0 aliphatic rings. The summed E-state index contributed by atoms with van der Waals surface area (Å²) in [6.45, 7) is 5.94. The van der Waals surface area contributed by atoms with E-state index in [0.717, 1.165) is 25.7 Å². The molecule has 210 valence electrons. The minimum atomic E-state index is -0.951. The molecule has 0 rings (SSSR count). The monoisotopic (exact) mass is 506 g/mol. The molecule has 0 radical (unpaired) electrons.